The molecule has 2 aromatic rings. The summed E-state index contributed by atoms with van der Waals surface area (Å²) in [5.74, 6) is 0.850. The molecule has 0 saturated carbocycles. The molecule has 0 spiro atoms. The topological polar surface area (TPSA) is 54.9 Å². The van der Waals surface area contributed by atoms with E-state index in [9.17, 15) is 4.39 Å². The monoisotopic (exact) mass is 413 g/mol. The first-order valence-electron chi connectivity index (χ1n) is 10.5. The highest BCUT2D eigenvalue weighted by atomic mass is 19.1. The van der Waals surface area contributed by atoms with Gasteiger partial charge in [0.25, 0.3) is 0 Å². The van der Waals surface area contributed by atoms with Gasteiger partial charge >= 0.3 is 0 Å². The van der Waals surface area contributed by atoms with E-state index in [2.05, 4.69) is 46.8 Å². The molecule has 3 rings (SSSR count). The predicted molar refractivity (Wildman–Crippen MR) is 118 cm³/mol. The first-order chi connectivity index (χ1) is 14.6. The summed E-state index contributed by atoms with van der Waals surface area (Å²) in [7, 11) is 3.32. The first kappa shape index (κ1) is 22.2. The second-order valence-corrected chi connectivity index (χ2v) is 7.77. The molecule has 2 aromatic carbocycles. The van der Waals surface area contributed by atoms with E-state index in [1.165, 1.54) is 17.2 Å². The average molecular weight is 414 g/mol. The molecule has 30 heavy (non-hydrogen) atoms. The largest absolute Gasteiger partial charge is 0.380 e. The van der Waals surface area contributed by atoms with Crippen LogP contribution in [0.25, 0.3) is 0 Å². The number of guanidine groups is 1. The zero-order valence-corrected chi connectivity index (χ0v) is 18.1. The first-order valence-corrected chi connectivity index (χ1v) is 10.5. The van der Waals surface area contributed by atoms with Crippen molar-refractivity contribution in [1.82, 2.24) is 10.6 Å². The number of hydrogen-bond acceptors (Lipinski definition) is 3. The Balaban J connectivity index is 1.56. The van der Waals surface area contributed by atoms with Gasteiger partial charge in [-0.05, 0) is 43.0 Å². The minimum atomic E-state index is -0.248. The number of nitrogens with zero attached hydrogens (tertiary/aromatic N) is 1. The van der Waals surface area contributed by atoms with Crippen LogP contribution in [-0.4, -0.2) is 33.3 Å². The number of methoxy groups -OCH3 is 1. The van der Waals surface area contributed by atoms with Gasteiger partial charge in [0.1, 0.15) is 5.82 Å². The van der Waals surface area contributed by atoms with Crippen molar-refractivity contribution in [2.45, 2.75) is 39.0 Å². The summed E-state index contributed by atoms with van der Waals surface area (Å²) in [6.45, 7) is 4.49. The fourth-order valence-corrected chi connectivity index (χ4v) is 3.82. The Labute approximate surface area is 178 Å². The molecule has 0 bridgehead atoms. The van der Waals surface area contributed by atoms with E-state index in [1.807, 2.05) is 6.07 Å². The van der Waals surface area contributed by atoms with Crippen LogP contribution in [0.15, 0.2) is 47.5 Å². The van der Waals surface area contributed by atoms with Crippen molar-refractivity contribution in [3.8, 4) is 0 Å². The van der Waals surface area contributed by atoms with Gasteiger partial charge in [-0.1, -0.05) is 35.9 Å². The number of nitrogens with one attached hydrogen (secondary N) is 2. The van der Waals surface area contributed by atoms with E-state index < -0.39 is 0 Å². The maximum atomic E-state index is 13.8. The van der Waals surface area contributed by atoms with Crippen LogP contribution in [0.1, 0.15) is 41.2 Å². The maximum absolute atomic E-state index is 13.8. The summed E-state index contributed by atoms with van der Waals surface area (Å²) in [6, 6.07) is 13.7. The normalized spacial score (nSPS) is 19.5. The van der Waals surface area contributed by atoms with Crippen molar-refractivity contribution >= 4 is 5.96 Å². The van der Waals surface area contributed by atoms with Crippen LogP contribution < -0.4 is 10.6 Å². The molecule has 0 radical (unpaired) electrons. The molecule has 1 heterocycles. The Bertz CT molecular complexity index is 839. The van der Waals surface area contributed by atoms with Gasteiger partial charge in [-0.15, -0.1) is 0 Å². The molecule has 2 unspecified atom stereocenters. The molecule has 5 nitrogen and oxygen atoms in total. The lowest BCUT2D eigenvalue weighted by atomic mass is 9.89. The van der Waals surface area contributed by atoms with Crippen LogP contribution in [0.3, 0.4) is 0 Å². The van der Waals surface area contributed by atoms with E-state index in [1.54, 1.807) is 20.2 Å². The van der Waals surface area contributed by atoms with E-state index in [0.29, 0.717) is 18.0 Å². The number of halogens is 1. The molecule has 1 saturated heterocycles. The molecule has 1 fully saturated rings. The van der Waals surface area contributed by atoms with Gasteiger partial charge in [-0.3, -0.25) is 4.99 Å². The van der Waals surface area contributed by atoms with Gasteiger partial charge in [-0.25, -0.2) is 4.39 Å². The summed E-state index contributed by atoms with van der Waals surface area (Å²) < 4.78 is 25.0. The molecule has 162 valence electrons. The molecule has 0 amide bonds. The molecule has 6 heteroatoms. The second kappa shape index (κ2) is 11.1. The highest BCUT2D eigenvalue weighted by Gasteiger charge is 2.27. The minimum absolute atomic E-state index is 0.0960. The van der Waals surface area contributed by atoms with Crippen LogP contribution in [0, 0.1) is 18.7 Å². The Hall–Kier alpha value is -2.44. The van der Waals surface area contributed by atoms with Crippen LogP contribution in [0.2, 0.25) is 0 Å². The molecule has 1 aliphatic rings. The molecular formula is C24H32FN3O2. The smallest absolute Gasteiger partial charge is 0.191 e. The lowest BCUT2D eigenvalue weighted by molar-refractivity contribution is -0.0265. The standard InChI is InChI=1S/C24H32FN3O2/c1-17-6-9-19(10-7-17)23-20(5-4-12-30-23)15-28-24(26-2)27-14-18-8-11-22(25)21(13-18)16-29-3/h6-11,13,20,23H,4-5,12,14-16H2,1-3H3,(H2,26,27,28). The van der Waals surface area contributed by atoms with Crippen LogP contribution in [-0.2, 0) is 22.6 Å². The van der Waals surface area contributed by atoms with Crippen molar-refractivity contribution in [1.29, 1.82) is 0 Å². The Kier molecular flexibility index (Phi) is 8.22. The van der Waals surface area contributed by atoms with E-state index >= 15 is 0 Å². The van der Waals surface area contributed by atoms with Crippen LogP contribution in [0.5, 0.6) is 0 Å². The molecule has 2 N–H and O–H groups in total. The summed E-state index contributed by atoms with van der Waals surface area (Å²) in [6.07, 6.45) is 2.28. The third-order valence-corrected chi connectivity index (χ3v) is 5.48. The quantitative estimate of drug-likeness (QED) is 0.530. The van der Waals surface area contributed by atoms with Gasteiger partial charge < -0.3 is 20.1 Å². The fourth-order valence-electron chi connectivity index (χ4n) is 3.82. The summed E-state index contributed by atoms with van der Waals surface area (Å²) in [5.41, 5.74) is 4.01. The van der Waals surface area contributed by atoms with Crippen molar-refractivity contribution in [3.05, 3.63) is 70.5 Å². The number of aryl methyl sites for hydroxylation is 1. The van der Waals surface area contributed by atoms with Gasteiger partial charge in [-0.2, -0.15) is 0 Å². The van der Waals surface area contributed by atoms with Crippen molar-refractivity contribution in [2.24, 2.45) is 10.9 Å². The van der Waals surface area contributed by atoms with Gasteiger partial charge in [0.2, 0.25) is 0 Å². The lowest BCUT2D eigenvalue weighted by Crippen LogP contribution is -2.41. The predicted octanol–water partition coefficient (Wildman–Crippen LogP) is 4.11. The Morgan fingerprint density at radius 3 is 2.73 bits per heavy atom. The van der Waals surface area contributed by atoms with Gasteiger partial charge in [0, 0.05) is 45.3 Å². The fraction of sp³-hybridized carbons (Fsp3) is 0.458. The number of benzene rings is 2. The third-order valence-electron chi connectivity index (χ3n) is 5.48. The molecular weight excluding hydrogens is 381 g/mol. The van der Waals surface area contributed by atoms with Crippen molar-refractivity contribution in [2.75, 3.05) is 27.3 Å². The van der Waals surface area contributed by atoms with E-state index in [-0.39, 0.29) is 18.5 Å². The van der Waals surface area contributed by atoms with Crippen LogP contribution in [0.4, 0.5) is 4.39 Å². The number of ether oxygens (including phenoxy) is 2. The Morgan fingerprint density at radius 2 is 2.00 bits per heavy atom. The van der Waals surface area contributed by atoms with Crippen molar-refractivity contribution < 1.29 is 13.9 Å². The highest BCUT2D eigenvalue weighted by Crippen LogP contribution is 2.33. The minimum Gasteiger partial charge on any atom is -0.380 e. The molecule has 2 atom stereocenters. The number of rotatable bonds is 7. The van der Waals surface area contributed by atoms with Gasteiger partial charge in [0.05, 0.1) is 12.7 Å². The lowest BCUT2D eigenvalue weighted by Gasteiger charge is -2.32. The Morgan fingerprint density at radius 1 is 1.20 bits per heavy atom. The average Bonchev–Trinajstić information content (AvgIpc) is 2.77. The summed E-state index contributed by atoms with van der Waals surface area (Å²) >= 11 is 0. The molecule has 1 aliphatic heterocycles. The van der Waals surface area contributed by atoms with Gasteiger partial charge in [0.15, 0.2) is 5.96 Å². The summed E-state index contributed by atoms with van der Waals surface area (Å²) in [5, 5.41) is 6.74. The number of hydrogen-bond donors (Lipinski definition) is 2. The zero-order chi connectivity index (χ0) is 21.3. The molecule has 0 aromatic heterocycles. The third kappa shape index (κ3) is 6.03. The second-order valence-electron chi connectivity index (χ2n) is 7.77. The maximum Gasteiger partial charge on any atom is 0.191 e. The van der Waals surface area contributed by atoms with Crippen LogP contribution >= 0.6 is 0 Å². The molecule has 0 aliphatic carbocycles. The zero-order valence-electron chi connectivity index (χ0n) is 18.1. The highest BCUT2D eigenvalue weighted by molar-refractivity contribution is 5.79. The SMILES string of the molecule is CN=C(NCc1ccc(F)c(COC)c1)NCC1CCCOC1c1ccc(C)cc1. The number of aliphatic imine (C=N–C) groups is 1. The van der Waals surface area contributed by atoms with E-state index in [0.717, 1.165) is 37.5 Å². The summed E-state index contributed by atoms with van der Waals surface area (Å²) in [4.78, 5) is 4.33. The van der Waals surface area contributed by atoms with Crippen molar-refractivity contribution in [3.63, 3.8) is 0 Å². The van der Waals surface area contributed by atoms with E-state index in [4.69, 9.17) is 9.47 Å².